The molecule has 1 heterocycles. The van der Waals surface area contributed by atoms with Crippen molar-refractivity contribution in [2.75, 3.05) is 0 Å². The molecule has 14 heavy (non-hydrogen) atoms. The molecule has 1 rings (SSSR count). The first-order valence-corrected chi connectivity index (χ1v) is 6.78. The van der Waals surface area contributed by atoms with Crippen LogP contribution < -0.4 is 0 Å². The van der Waals surface area contributed by atoms with E-state index in [4.69, 9.17) is 0 Å². The molecule has 0 spiro atoms. The third kappa shape index (κ3) is 2.47. The molecule has 0 atom stereocenters. The fraction of sp³-hybridized carbons (Fsp3) is 0.500. The fourth-order valence-electron chi connectivity index (χ4n) is 0.964. The largest absolute Gasteiger partial charge is 0.293 e. The summed E-state index contributed by atoms with van der Waals surface area (Å²) in [5, 5.41) is 0. The molecule has 0 unspecified atom stereocenters. The maximum Gasteiger partial charge on any atom is 0.179 e. The van der Waals surface area contributed by atoms with E-state index in [2.05, 4.69) is 31.9 Å². The summed E-state index contributed by atoms with van der Waals surface area (Å²) in [6.45, 7) is 6.00. The van der Waals surface area contributed by atoms with Crippen LogP contribution in [-0.2, 0) is 0 Å². The highest BCUT2D eigenvalue weighted by Crippen LogP contribution is 2.36. The number of hydrogen-bond donors (Lipinski definition) is 0. The number of carbonyl (C=O) groups is 1. The van der Waals surface area contributed by atoms with E-state index >= 15 is 0 Å². The van der Waals surface area contributed by atoms with Crippen molar-refractivity contribution in [1.29, 1.82) is 0 Å². The van der Waals surface area contributed by atoms with E-state index in [1.807, 2.05) is 26.8 Å². The van der Waals surface area contributed by atoms with E-state index in [0.29, 0.717) is 0 Å². The van der Waals surface area contributed by atoms with E-state index in [0.717, 1.165) is 19.6 Å². The van der Waals surface area contributed by atoms with Crippen LogP contribution in [0.1, 0.15) is 36.9 Å². The van der Waals surface area contributed by atoms with Gasteiger partial charge in [-0.2, -0.15) is 0 Å². The van der Waals surface area contributed by atoms with Gasteiger partial charge in [0.2, 0.25) is 0 Å². The summed E-state index contributed by atoms with van der Waals surface area (Å²) in [7, 11) is 0. The second-order valence-electron chi connectivity index (χ2n) is 3.79. The maximum atomic E-state index is 12.1. The van der Waals surface area contributed by atoms with Gasteiger partial charge in [-0.05, 0) is 44.3 Å². The average molecular weight is 340 g/mol. The zero-order chi connectivity index (χ0) is 10.9. The molecule has 1 nitrogen and oxygen atoms in total. The molecular formula is C10H12Br2OS. The van der Waals surface area contributed by atoms with Crippen LogP contribution in [0.4, 0.5) is 0 Å². The van der Waals surface area contributed by atoms with E-state index in [-0.39, 0.29) is 11.2 Å². The second-order valence-corrected chi connectivity index (χ2v) is 7.08. The van der Waals surface area contributed by atoms with Gasteiger partial charge in [-0.25, -0.2) is 0 Å². The van der Waals surface area contributed by atoms with Crippen LogP contribution in [0, 0.1) is 5.41 Å². The molecule has 0 amide bonds. The SMILES string of the molecule is CCC(C)(C)C(=O)c1sc(Br)cc1Br. The van der Waals surface area contributed by atoms with E-state index in [9.17, 15) is 4.79 Å². The molecule has 0 radical (unpaired) electrons. The lowest BCUT2D eigenvalue weighted by Gasteiger charge is -2.19. The Bertz CT molecular complexity index is 355. The molecule has 0 N–H and O–H groups in total. The van der Waals surface area contributed by atoms with Crippen LogP contribution in [0.2, 0.25) is 0 Å². The molecule has 1 aromatic heterocycles. The summed E-state index contributed by atoms with van der Waals surface area (Å²) in [6.07, 6.45) is 0.855. The average Bonchev–Trinajstić information content (AvgIpc) is 2.44. The lowest BCUT2D eigenvalue weighted by atomic mass is 9.85. The molecule has 0 fully saturated rings. The highest BCUT2D eigenvalue weighted by molar-refractivity contribution is 9.11. The van der Waals surface area contributed by atoms with Crippen molar-refractivity contribution < 1.29 is 4.79 Å². The maximum absolute atomic E-state index is 12.1. The van der Waals surface area contributed by atoms with Crippen LogP contribution in [-0.4, -0.2) is 5.78 Å². The Balaban J connectivity index is 3.06. The van der Waals surface area contributed by atoms with Crippen molar-refractivity contribution >= 4 is 49.0 Å². The standard InChI is InChI=1S/C10H12Br2OS/c1-4-10(2,3)9(13)8-6(11)5-7(12)14-8/h5H,4H2,1-3H3. The number of hydrogen-bond acceptors (Lipinski definition) is 2. The number of ketones is 1. The Morgan fingerprint density at radius 3 is 2.43 bits per heavy atom. The Morgan fingerprint density at radius 1 is 1.50 bits per heavy atom. The Kier molecular flexibility index (Phi) is 3.95. The number of carbonyl (C=O) groups excluding carboxylic acids is 1. The number of Topliss-reactive ketones (excluding diaryl/α,β-unsaturated/α-hetero) is 1. The summed E-state index contributed by atoms with van der Waals surface area (Å²) in [4.78, 5) is 12.9. The topological polar surface area (TPSA) is 17.1 Å². The minimum Gasteiger partial charge on any atom is -0.293 e. The van der Waals surface area contributed by atoms with Crippen molar-refractivity contribution in [3.05, 3.63) is 19.2 Å². The van der Waals surface area contributed by atoms with Gasteiger partial charge in [0.1, 0.15) is 0 Å². The highest BCUT2D eigenvalue weighted by atomic mass is 79.9. The Labute approximate surface area is 105 Å². The molecule has 4 heteroatoms. The predicted octanol–water partition coefficient (Wildman–Crippen LogP) is 4.89. The number of rotatable bonds is 3. The molecule has 0 saturated carbocycles. The monoisotopic (exact) mass is 338 g/mol. The van der Waals surface area contributed by atoms with Crippen LogP contribution >= 0.6 is 43.2 Å². The Morgan fingerprint density at radius 2 is 2.07 bits per heavy atom. The van der Waals surface area contributed by atoms with Crippen LogP contribution in [0.3, 0.4) is 0 Å². The van der Waals surface area contributed by atoms with Gasteiger partial charge in [-0.3, -0.25) is 4.79 Å². The number of thiophene rings is 1. The van der Waals surface area contributed by atoms with Crippen molar-refractivity contribution in [1.82, 2.24) is 0 Å². The summed E-state index contributed by atoms with van der Waals surface area (Å²) in [5.41, 5.74) is -0.271. The first-order valence-electron chi connectivity index (χ1n) is 4.38. The summed E-state index contributed by atoms with van der Waals surface area (Å²) < 4.78 is 1.88. The van der Waals surface area contributed by atoms with Crippen molar-refractivity contribution in [2.45, 2.75) is 27.2 Å². The summed E-state index contributed by atoms with van der Waals surface area (Å²) in [5.74, 6) is 0.211. The minimum atomic E-state index is -0.271. The second kappa shape index (κ2) is 4.45. The first kappa shape index (κ1) is 12.4. The Hall–Kier alpha value is 0.330. The summed E-state index contributed by atoms with van der Waals surface area (Å²) in [6, 6.07) is 1.92. The molecule has 0 saturated heterocycles. The quantitative estimate of drug-likeness (QED) is 0.716. The van der Waals surface area contributed by atoms with E-state index < -0.39 is 0 Å². The molecular weight excluding hydrogens is 328 g/mol. The molecule has 0 bridgehead atoms. The van der Waals surface area contributed by atoms with Crippen molar-refractivity contribution in [3.63, 3.8) is 0 Å². The normalized spacial score (nSPS) is 11.8. The lowest BCUT2D eigenvalue weighted by Crippen LogP contribution is -2.22. The van der Waals surface area contributed by atoms with E-state index in [1.165, 1.54) is 11.3 Å². The van der Waals surface area contributed by atoms with Crippen LogP contribution in [0.5, 0.6) is 0 Å². The van der Waals surface area contributed by atoms with Crippen LogP contribution in [0.25, 0.3) is 0 Å². The molecule has 78 valence electrons. The van der Waals surface area contributed by atoms with Gasteiger partial charge in [0.05, 0.1) is 8.66 Å². The van der Waals surface area contributed by atoms with Gasteiger partial charge in [0, 0.05) is 9.89 Å². The van der Waals surface area contributed by atoms with Gasteiger partial charge >= 0.3 is 0 Å². The smallest absolute Gasteiger partial charge is 0.179 e. The van der Waals surface area contributed by atoms with Crippen molar-refractivity contribution in [2.24, 2.45) is 5.41 Å². The first-order chi connectivity index (χ1) is 6.38. The number of halogens is 2. The third-order valence-electron chi connectivity index (χ3n) is 2.36. The zero-order valence-electron chi connectivity index (χ0n) is 8.36. The van der Waals surface area contributed by atoms with Gasteiger partial charge in [0.15, 0.2) is 5.78 Å². The van der Waals surface area contributed by atoms with Gasteiger partial charge < -0.3 is 0 Å². The van der Waals surface area contributed by atoms with Gasteiger partial charge in [0.25, 0.3) is 0 Å². The third-order valence-corrected chi connectivity index (χ3v) is 4.89. The highest BCUT2D eigenvalue weighted by Gasteiger charge is 2.29. The lowest BCUT2D eigenvalue weighted by molar-refractivity contribution is 0.0837. The predicted molar refractivity (Wildman–Crippen MR) is 68.1 cm³/mol. The van der Waals surface area contributed by atoms with E-state index in [1.54, 1.807) is 0 Å². The molecule has 0 aliphatic heterocycles. The summed E-state index contributed by atoms with van der Waals surface area (Å²) >= 11 is 8.26. The molecule has 0 aliphatic rings. The molecule has 1 aromatic rings. The van der Waals surface area contributed by atoms with Crippen molar-refractivity contribution in [3.8, 4) is 0 Å². The van der Waals surface area contributed by atoms with Crippen LogP contribution in [0.15, 0.2) is 14.3 Å². The molecule has 0 aromatic carbocycles. The molecule has 0 aliphatic carbocycles. The zero-order valence-corrected chi connectivity index (χ0v) is 12.3. The van der Waals surface area contributed by atoms with Gasteiger partial charge in [-0.15, -0.1) is 11.3 Å². The van der Waals surface area contributed by atoms with Gasteiger partial charge in [-0.1, -0.05) is 20.8 Å². The fourth-order valence-corrected chi connectivity index (χ4v) is 3.69. The minimum absolute atomic E-state index is 0.211.